The third-order valence-electron chi connectivity index (χ3n) is 7.54. The summed E-state index contributed by atoms with van der Waals surface area (Å²) in [6.45, 7) is 3.85. The largest absolute Gasteiger partial charge is 0.489 e. The first-order valence-electron chi connectivity index (χ1n) is 11.0. The minimum atomic E-state index is -0.699. The molecule has 33 heavy (non-hydrogen) atoms. The molecule has 3 nitrogen and oxygen atoms in total. The smallest absolute Gasteiger partial charge is 0.310 e. The van der Waals surface area contributed by atoms with Crippen LogP contribution in [0.5, 0.6) is 5.75 Å². The van der Waals surface area contributed by atoms with Gasteiger partial charge in [-0.1, -0.05) is 48.3 Å². The molecule has 0 aliphatic heterocycles. The fourth-order valence-corrected chi connectivity index (χ4v) is 6.31. The molecular formula is C27H23Cl2FO3. The Morgan fingerprint density at radius 2 is 1.91 bits per heavy atom. The first-order valence-corrected chi connectivity index (χ1v) is 11.8. The van der Waals surface area contributed by atoms with Gasteiger partial charge >= 0.3 is 5.97 Å². The molecule has 0 radical (unpaired) electrons. The van der Waals surface area contributed by atoms with E-state index >= 15 is 0 Å². The molecule has 2 aliphatic rings. The summed E-state index contributed by atoms with van der Waals surface area (Å²) in [5.74, 6) is -0.165. The zero-order valence-corrected chi connectivity index (χ0v) is 19.8. The van der Waals surface area contributed by atoms with E-state index in [9.17, 15) is 14.3 Å². The number of carboxylic acids is 1. The van der Waals surface area contributed by atoms with Crippen LogP contribution in [0.15, 0.2) is 48.5 Å². The Morgan fingerprint density at radius 3 is 2.58 bits per heavy atom. The predicted octanol–water partition coefficient (Wildman–Crippen LogP) is 7.44. The number of hydrogen-bond donors (Lipinski definition) is 1. The number of carbonyl (C=O) groups is 1. The number of benzene rings is 3. The minimum absolute atomic E-state index is 0.0627. The van der Waals surface area contributed by atoms with Crippen molar-refractivity contribution in [2.24, 2.45) is 11.3 Å². The maximum absolute atomic E-state index is 14.7. The molecule has 1 fully saturated rings. The van der Waals surface area contributed by atoms with Gasteiger partial charge in [-0.3, -0.25) is 4.79 Å². The summed E-state index contributed by atoms with van der Waals surface area (Å²) in [5, 5.41) is 10.7. The molecule has 2 aliphatic carbocycles. The quantitative estimate of drug-likeness (QED) is 0.395. The van der Waals surface area contributed by atoms with Gasteiger partial charge in [0.1, 0.15) is 18.2 Å². The average molecular weight is 485 g/mol. The maximum atomic E-state index is 14.7. The fraction of sp³-hybridized carbons (Fsp3) is 0.296. The highest BCUT2D eigenvalue weighted by Gasteiger charge is 2.71. The van der Waals surface area contributed by atoms with Crippen LogP contribution in [-0.2, 0) is 17.8 Å². The Hall–Kier alpha value is -2.56. The monoisotopic (exact) mass is 484 g/mol. The van der Waals surface area contributed by atoms with Crippen molar-refractivity contribution >= 4 is 29.2 Å². The molecule has 3 atom stereocenters. The molecule has 0 bridgehead atoms. The topological polar surface area (TPSA) is 46.5 Å². The highest BCUT2D eigenvalue weighted by atomic mass is 35.5. The van der Waals surface area contributed by atoms with Gasteiger partial charge < -0.3 is 9.84 Å². The third-order valence-corrected chi connectivity index (χ3v) is 8.17. The van der Waals surface area contributed by atoms with E-state index in [-0.39, 0.29) is 24.3 Å². The van der Waals surface area contributed by atoms with E-state index < -0.39 is 11.4 Å². The Labute approximate surface area is 202 Å². The fourth-order valence-electron chi connectivity index (χ4n) is 5.71. The van der Waals surface area contributed by atoms with Crippen LogP contribution in [-0.4, -0.2) is 11.1 Å². The SMILES string of the molecule is CC[C@]1(C(=O)O)[C@@H]2Cc3cc(OCc4c(F)ccc(-c5c(Cl)cccc5Cl)c4C)ccc3[C@H]21. The van der Waals surface area contributed by atoms with Crippen molar-refractivity contribution in [3.63, 3.8) is 0 Å². The molecule has 3 aromatic carbocycles. The number of ether oxygens (including phenoxy) is 1. The summed E-state index contributed by atoms with van der Waals surface area (Å²) in [5.41, 5.74) is 4.23. The molecule has 0 unspecified atom stereocenters. The van der Waals surface area contributed by atoms with Gasteiger partial charge in [0.25, 0.3) is 0 Å². The standard InChI is InChI=1S/C27H23Cl2FO3/c1-3-27(26(31)32)20-12-15-11-16(7-8-18(15)25(20)27)33-13-19-14(2)17(9-10-23(19)30)24-21(28)5-4-6-22(24)29/h4-11,20,25H,3,12-13H2,1-2H3,(H,31,32)/t20-,25-,27+/m1/s1. The van der Waals surface area contributed by atoms with Gasteiger partial charge in [-0.05, 0) is 78.3 Å². The Bertz CT molecular complexity index is 1270. The number of rotatable bonds is 6. The molecule has 0 aromatic heterocycles. The van der Waals surface area contributed by atoms with Crippen molar-refractivity contribution in [3.05, 3.63) is 86.6 Å². The number of aliphatic carboxylic acids is 1. The van der Waals surface area contributed by atoms with Gasteiger partial charge in [0.05, 0.1) is 5.41 Å². The van der Waals surface area contributed by atoms with E-state index in [4.69, 9.17) is 27.9 Å². The first-order chi connectivity index (χ1) is 15.8. The second-order valence-corrected chi connectivity index (χ2v) is 9.75. The second-order valence-electron chi connectivity index (χ2n) is 8.93. The van der Waals surface area contributed by atoms with Crippen LogP contribution in [0.2, 0.25) is 10.0 Å². The summed E-state index contributed by atoms with van der Waals surface area (Å²) in [6.07, 6.45) is 1.38. The van der Waals surface area contributed by atoms with Crippen LogP contribution in [0.4, 0.5) is 4.39 Å². The Balaban J connectivity index is 1.39. The lowest BCUT2D eigenvalue weighted by Gasteiger charge is -2.18. The van der Waals surface area contributed by atoms with Crippen molar-refractivity contribution in [3.8, 4) is 16.9 Å². The molecule has 5 rings (SSSR count). The van der Waals surface area contributed by atoms with Crippen molar-refractivity contribution in [2.45, 2.75) is 39.2 Å². The first kappa shape index (κ1) is 22.2. The summed E-state index contributed by atoms with van der Waals surface area (Å²) >= 11 is 12.7. The average Bonchev–Trinajstić information content (AvgIpc) is 3.27. The van der Waals surface area contributed by atoms with Gasteiger partial charge in [0, 0.05) is 27.1 Å². The zero-order chi connectivity index (χ0) is 23.5. The van der Waals surface area contributed by atoms with Crippen molar-refractivity contribution < 1.29 is 19.0 Å². The van der Waals surface area contributed by atoms with E-state index in [0.29, 0.717) is 33.3 Å². The van der Waals surface area contributed by atoms with Crippen LogP contribution in [0.3, 0.4) is 0 Å². The highest BCUT2D eigenvalue weighted by molar-refractivity contribution is 6.39. The third kappa shape index (κ3) is 3.34. The van der Waals surface area contributed by atoms with E-state index in [1.54, 1.807) is 24.3 Å². The van der Waals surface area contributed by atoms with Crippen LogP contribution in [0.1, 0.15) is 41.5 Å². The van der Waals surface area contributed by atoms with Crippen LogP contribution in [0, 0.1) is 24.1 Å². The van der Waals surface area contributed by atoms with Gasteiger partial charge in [-0.15, -0.1) is 0 Å². The van der Waals surface area contributed by atoms with E-state index in [1.807, 2.05) is 32.0 Å². The molecular weight excluding hydrogens is 462 g/mol. The summed E-state index contributed by atoms with van der Waals surface area (Å²) in [6, 6.07) is 14.2. The molecule has 3 aromatic rings. The zero-order valence-electron chi connectivity index (χ0n) is 18.3. The number of fused-ring (bicyclic) bond motifs is 3. The van der Waals surface area contributed by atoms with Crippen molar-refractivity contribution in [2.75, 3.05) is 0 Å². The van der Waals surface area contributed by atoms with Gasteiger partial charge in [0.2, 0.25) is 0 Å². The Kier molecular flexibility index (Phi) is 5.42. The number of hydrogen-bond acceptors (Lipinski definition) is 2. The number of halogens is 3. The summed E-state index contributed by atoms with van der Waals surface area (Å²) in [7, 11) is 0. The second kappa shape index (κ2) is 8.03. The molecule has 0 amide bonds. The van der Waals surface area contributed by atoms with Gasteiger partial charge in [-0.2, -0.15) is 0 Å². The van der Waals surface area contributed by atoms with Gasteiger partial charge in [0.15, 0.2) is 0 Å². The van der Waals surface area contributed by atoms with E-state index in [2.05, 4.69) is 0 Å². The molecule has 0 heterocycles. The normalized spacial score (nSPS) is 22.6. The molecule has 6 heteroatoms. The summed E-state index contributed by atoms with van der Waals surface area (Å²) < 4.78 is 20.7. The number of carboxylic acid groups (broad SMARTS) is 1. The van der Waals surface area contributed by atoms with Crippen LogP contribution < -0.4 is 4.74 Å². The van der Waals surface area contributed by atoms with E-state index in [0.717, 1.165) is 28.7 Å². The lowest BCUT2D eigenvalue weighted by Crippen LogP contribution is -2.20. The summed E-state index contributed by atoms with van der Waals surface area (Å²) in [4.78, 5) is 11.8. The highest BCUT2D eigenvalue weighted by Crippen LogP contribution is 2.72. The van der Waals surface area contributed by atoms with Crippen molar-refractivity contribution in [1.29, 1.82) is 0 Å². The molecule has 1 N–H and O–H groups in total. The molecule has 0 saturated heterocycles. The van der Waals surface area contributed by atoms with Crippen LogP contribution >= 0.6 is 23.2 Å². The Morgan fingerprint density at radius 1 is 1.18 bits per heavy atom. The minimum Gasteiger partial charge on any atom is -0.489 e. The molecule has 0 spiro atoms. The van der Waals surface area contributed by atoms with Gasteiger partial charge in [-0.25, -0.2) is 4.39 Å². The lowest BCUT2D eigenvalue weighted by atomic mass is 9.89. The lowest BCUT2D eigenvalue weighted by molar-refractivity contribution is -0.144. The maximum Gasteiger partial charge on any atom is 0.310 e. The van der Waals surface area contributed by atoms with Crippen LogP contribution in [0.25, 0.3) is 11.1 Å². The molecule has 170 valence electrons. The molecule has 1 saturated carbocycles. The van der Waals surface area contributed by atoms with E-state index in [1.165, 1.54) is 6.07 Å². The van der Waals surface area contributed by atoms with Crippen molar-refractivity contribution in [1.82, 2.24) is 0 Å². The predicted molar refractivity (Wildman–Crippen MR) is 128 cm³/mol.